The lowest BCUT2D eigenvalue weighted by atomic mass is 9.93. The third-order valence-electron chi connectivity index (χ3n) is 2.05. The van der Waals surface area contributed by atoms with Gasteiger partial charge in [0, 0.05) is 6.42 Å². The van der Waals surface area contributed by atoms with Crippen LogP contribution in [0.1, 0.15) is 46.0 Å². The van der Waals surface area contributed by atoms with Crippen molar-refractivity contribution in [1.29, 1.82) is 0 Å². The van der Waals surface area contributed by atoms with Gasteiger partial charge in [-0.3, -0.25) is 0 Å². The van der Waals surface area contributed by atoms with E-state index < -0.39 is 0 Å². The Labute approximate surface area is 76.4 Å². The third-order valence-corrected chi connectivity index (χ3v) is 2.05. The Bertz CT molecular complexity index is 162. The first-order chi connectivity index (χ1) is 5.86. The summed E-state index contributed by atoms with van der Waals surface area (Å²) in [7, 11) is 0. The number of hydrogen-bond acceptors (Lipinski definition) is 0. The number of hydrogen-bond donors (Lipinski definition) is 0. The molecule has 1 rings (SSSR count). The topological polar surface area (TPSA) is 0 Å². The molecule has 0 heterocycles. The predicted molar refractivity (Wildman–Crippen MR) is 52.5 cm³/mol. The predicted octanol–water partition coefficient (Wildman–Crippen LogP) is 3.73. The Morgan fingerprint density at radius 2 is 2.00 bits per heavy atom. The second-order valence-electron chi connectivity index (χ2n) is 3.27. The Kier molecular flexibility index (Phi) is 4.13. The number of rotatable bonds is 4. The molecule has 3 radical (unpaired) electrons. The lowest BCUT2D eigenvalue weighted by molar-refractivity contribution is 0.829. The van der Waals surface area contributed by atoms with Gasteiger partial charge in [-0.05, 0) is 25.3 Å². The van der Waals surface area contributed by atoms with Crippen molar-refractivity contribution in [3.63, 3.8) is 0 Å². The van der Waals surface area contributed by atoms with Crippen molar-refractivity contribution in [2.75, 3.05) is 0 Å². The van der Waals surface area contributed by atoms with Gasteiger partial charge in [-0.2, -0.15) is 0 Å². The van der Waals surface area contributed by atoms with E-state index in [9.17, 15) is 0 Å². The summed E-state index contributed by atoms with van der Waals surface area (Å²) >= 11 is 0. The Morgan fingerprint density at radius 3 is 2.50 bits per heavy atom. The molecule has 0 atom stereocenters. The average Bonchev–Trinajstić information content (AvgIpc) is 2.09. The van der Waals surface area contributed by atoms with E-state index >= 15 is 0 Å². The maximum absolute atomic E-state index is 3.42. The van der Waals surface area contributed by atoms with Crippen molar-refractivity contribution >= 4 is 0 Å². The minimum Gasteiger partial charge on any atom is -0.0651 e. The molecule has 0 heteroatoms. The summed E-state index contributed by atoms with van der Waals surface area (Å²) in [5.74, 6) is 0. The summed E-state index contributed by atoms with van der Waals surface area (Å²) in [5, 5.41) is 0. The smallest absolute Gasteiger partial charge is 0.0164 e. The lowest BCUT2D eigenvalue weighted by Gasteiger charge is -2.11. The van der Waals surface area contributed by atoms with Gasteiger partial charge in [0.25, 0.3) is 0 Å². The summed E-state index contributed by atoms with van der Waals surface area (Å²) < 4.78 is 0. The fourth-order valence-corrected chi connectivity index (χ4v) is 1.40. The van der Waals surface area contributed by atoms with Crippen molar-refractivity contribution in [2.45, 2.75) is 46.0 Å². The van der Waals surface area contributed by atoms with E-state index in [4.69, 9.17) is 0 Å². The van der Waals surface area contributed by atoms with E-state index in [1.54, 1.807) is 0 Å². The van der Waals surface area contributed by atoms with Crippen LogP contribution in [-0.4, -0.2) is 0 Å². The summed E-state index contributed by atoms with van der Waals surface area (Å²) in [6.07, 6.45) is 14.7. The Balaban J connectivity index is 2.42. The highest BCUT2D eigenvalue weighted by Gasteiger charge is 2.05. The molecule has 0 fully saturated rings. The molecule has 0 aromatic rings. The summed E-state index contributed by atoms with van der Waals surface area (Å²) in [4.78, 5) is 0. The normalized spacial score (nSPS) is 17.2. The first-order valence-corrected chi connectivity index (χ1v) is 4.91. The molecule has 65 valence electrons. The van der Waals surface area contributed by atoms with Crippen molar-refractivity contribution in [2.24, 2.45) is 0 Å². The minimum atomic E-state index is 1.01. The maximum Gasteiger partial charge on any atom is 0.0164 e. The molecule has 0 bridgehead atoms. The molecule has 0 unspecified atom stereocenters. The monoisotopic (exact) mass is 161 g/mol. The van der Waals surface area contributed by atoms with Crippen LogP contribution in [-0.2, 0) is 0 Å². The zero-order valence-corrected chi connectivity index (χ0v) is 8.11. The molecule has 0 saturated carbocycles. The molecule has 0 N–H and O–H groups in total. The van der Waals surface area contributed by atoms with Crippen LogP contribution in [0.25, 0.3) is 0 Å². The van der Waals surface area contributed by atoms with Crippen LogP contribution < -0.4 is 0 Å². The SMILES string of the molecule is CCCC1=[C]C=C(CCC)[C]C1. The van der Waals surface area contributed by atoms with Crippen molar-refractivity contribution in [1.82, 2.24) is 0 Å². The summed E-state index contributed by atoms with van der Waals surface area (Å²) in [6.45, 7) is 4.41. The van der Waals surface area contributed by atoms with Crippen molar-refractivity contribution in [3.05, 3.63) is 29.7 Å². The molecule has 0 aliphatic heterocycles. The molecule has 0 aromatic carbocycles. The highest BCUT2D eigenvalue weighted by Crippen LogP contribution is 2.22. The molecule has 1 aliphatic rings. The van der Waals surface area contributed by atoms with Crippen LogP contribution in [0.5, 0.6) is 0 Å². The van der Waals surface area contributed by atoms with Crippen LogP contribution in [0.3, 0.4) is 0 Å². The van der Waals surface area contributed by atoms with Gasteiger partial charge in [0.1, 0.15) is 0 Å². The molecule has 0 saturated heterocycles. The summed E-state index contributed by atoms with van der Waals surface area (Å²) in [6, 6.07) is 0. The Hall–Kier alpha value is -0.520. The van der Waals surface area contributed by atoms with Gasteiger partial charge in [0.15, 0.2) is 0 Å². The molecular formula is C12H17. The minimum absolute atomic E-state index is 1.01. The standard InChI is InChI=1S/C12H17/c1-3-5-11-7-9-12(6-4-2)10-8-11/h7H,3-6,10H2,1-2H3. The van der Waals surface area contributed by atoms with Gasteiger partial charge in [-0.1, -0.05) is 43.9 Å². The largest absolute Gasteiger partial charge is 0.0651 e. The van der Waals surface area contributed by atoms with Crippen LogP contribution in [0.15, 0.2) is 17.2 Å². The van der Waals surface area contributed by atoms with E-state index in [1.165, 1.54) is 30.4 Å². The zero-order valence-electron chi connectivity index (χ0n) is 8.11. The van der Waals surface area contributed by atoms with Gasteiger partial charge < -0.3 is 0 Å². The van der Waals surface area contributed by atoms with Gasteiger partial charge in [-0.25, -0.2) is 0 Å². The molecule has 0 amide bonds. The van der Waals surface area contributed by atoms with Crippen LogP contribution >= 0.6 is 0 Å². The Morgan fingerprint density at radius 1 is 1.25 bits per heavy atom. The van der Waals surface area contributed by atoms with E-state index in [1.807, 2.05) is 0 Å². The number of allylic oxidation sites excluding steroid dienone is 4. The average molecular weight is 161 g/mol. The van der Waals surface area contributed by atoms with E-state index in [0.717, 1.165) is 12.8 Å². The van der Waals surface area contributed by atoms with Gasteiger partial charge >= 0.3 is 0 Å². The van der Waals surface area contributed by atoms with Gasteiger partial charge in [0.05, 0.1) is 0 Å². The molecular weight excluding hydrogens is 144 g/mol. The third kappa shape index (κ3) is 2.84. The maximum atomic E-state index is 3.42. The highest BCUT2D eigenvalue weighted by molar-refractivity contribution is 5.27. The van der Waals surface area contributed by atoms with Crippen molar-refractivity contribution in [3.8, 4) is 0 Å². The van der Waals surface area contributed by atoms with E-state index in [2.05, 4.69) is 32.4 Å². The highest BCUT2D eigenvalue weighted by atomic mass is 14.1. The second kappa shape index (κ2) is 5.18. The first kappa shape index (κ1) is 9.57. The van der Waals surface area contributed by atoms with Crippen LogP contribution in [0, 0.1) is 12.5 Å². The molecule has 12 heavy (non-hydrogen) atoms. The zero-order chi connectivity index (χ0) is 8.81. The fraction of sp³-hybridized carbons (Fsp3) is 0.583. The quantitative estimate of drug-likeness (QED) is 0.589. The first-order valence-electron chi connectivity index (χ1n) is 4.91. The summed E-state index contributed by atoms with van der Waals surface area (Å²) in [5.41, 5.74) is 2.76. The second-order valence-corrected chi connectivity index (χ2v) is 3.27. The van der Waals surface area contributed by atoms with Crippen LogP contribution in [0.2, 0.25) is 0 Å². The van der Waals surface area contributed by atoms with E-state index in [0.29, 0.717) is 0 Å². The van der Waals surface area contributed by atoms with Gasteiger partial charge in [0.2, 0.25) is 0 Å². The van der Waals surface area contributed by atoms with Crippen LogP contribution in [0.4, 0.5) is 0 Å². The molecule has 0 spiro atoms. The van der Waals surface area contributed by atoms with E-state index in [-0.39, 0.29) is 0 Å². The lowest BCUT2D eigenvalue weighted by Crippen LogP contribution is -1.94. The fourth-order valence-electron chi connectivity index (χ4n) is 1.40. The van der Waals surface area contributed by atoms with Gasteiger partial charge in [-0.15, -0.1) is 0 Å². The van der Waals surface area contributed by atoms with Crippen molar-refractivity contribution < 1.29 is 0 Å². The molecule has 0 nitrogen and oxygen atoms in total. The molecule has 1 aliphatic carbocycles. The molecule has 0 aromatic heterocycles.